The zero-order valence-corrected chi connectivity index (χ0v) is 11.1. The number of nitrogens with one attached hydrogen (secondary N) is 1. The average molecular weight is 256 g/mol. The summed E-state index contributed by atoms with van der Waals surface area (Å²) in [6.07, 6.45) is 2.52. The molecule has 1 rings (SSSR count). The van der Waals surface area contributed by atoms with E-state index >= 15 is 0 Å². The topological polar surface area (TPSA) is 75.7 Å². The summed E-state index contributed by atoms with van der Waals surface area (Å²) in [5.74, 6) is -0.903. The highest BCUT2D eigenvalue weighted by Crippen LogP contribution is 2.13. The number of carbonyl (C=O) groups is 3. The third-order valence-corrected chi connectivity index (χ3v) is 3.12. The zero-order valence-electron chi connectivity index (χ0n) is 11.1. The number of ether oxygens (including phenoxy) is 1. The number of imide groups is 1. The van der Waals surface area contributed by atoms with Crippen LogP contribution in [0.5, 0.6) is 0 Å². The van der Waals surface area contributed by atoms with Crippen molar-refractivity contribution < 1.29 is 19.1 Å². The highest BCUT2D eigenvalue weighted by atomic mass is 16.5. The van der Waals surface area contributed by atoms with Crippen molar-refractivity contribution in [2.75, 3.05) is 14.2 Å². The maximum Gasteiger partial charge on any atom is 0.322 e. The van der Waals surface area contributed by atoms with Crippen LogP contribution in [0.1, 0.15) is 32.6 Å². The molecule has 1 saturated heterocycles. The lowest BCUT2D eigenvalue weighted by molar-refractivity contribution is -0.143. The molecule has 2 amide bonds. The van der Waals surface area contributed by atoms with Crippen LogP contribution >= 0.6 is 0 Å². The standard InChI is InChI=1S/C12H20N2O4/c1-4-5-6-8(12(17)18-3)13-9-7-10(15)14(2)11(9)16/h8-9,13H,4-7H2,1-3H3. The van der Waals surface area contributed by atoms with Gasteiger partial charge in [0.2, 0.25) is 11.8 Å². The van der Waals surface area contributed by atoms with Crippen LogP contribution in [0.25, 0.3) is 0 Å². The van der Waals surface area contributed by atoms with Crippen LogP contribution in [-0.2, 0) is 19.1 Å². The Bertz CT molecular complexity index is 343. The van der Waals surface area contributed by atoms with Crippen LogP contribution in [-0.4, -0.2) is 48.9 Å². The molecule has 0 aromatic carbocycles. The van der Waals surface area contributed by atoms with Crippen molar-refractivity contribution in [2.24, 2.45) is 0 Å². The van der Waals surface area contributed by atoms with Gasteiger partial charge in [0.1, 0.15) is 6.04 Å². The third kappa shape index (κ3) is 3.29. The van der Waals surface area contributed by atoms with Crippen molar-refractivity contribution in [2.45, 2.75) is 44.7 Å². The van der Waals surface area contributed by atoms with Gasteiger partial charge in [0, 0.05) is 7.05 Å². The summed E-state index contributed by atoms with van der Waals surface area (Å²) in [6, 6.07) is -1.13. The van der Waals surface area contributed by atoms with Crippen molar-refractivity contribution in [3.8, 4) is 0 Å². The maximum absolute atomic E-state index is 11.7. The SMILES string of the molecule is CCCCC(NC1CC(=O)N(C)C1=O)C(=O)OC. The van der Waals surface area contributed by atoms with Gasteiger partial charge in [-0.2, -0.15) is 0 Å². The van der Waals surface area contributed by atoms with Crippen LogP contribution < -0.4 is 5.32 Å². The number of likely N-dealkylation sites (N-methyl/N-ethyl adjacent to an activating group) is 1. The molecule has 0 radical (unpaired) electrons. The highest BCUT2D eigenvalue weighted by molar-refractivity contribution is 6.05. The first-order valence-electron chi connectivity index (χ1n) is 6.15. The predicted molar refractivity (Wildman–Crippen MR) is 64.6 cm³/mol. The molecule has 1 N–H and O–H groups in total. The Kier molecular flexibility index (Phi) is 5.27. The molecule has 0 aliphatic carbocycles. The first-order chi connectivity index (χ1) is 8.51. The van der Waals surface area contributed by atoms with Crippen molar-refractivity contribution in [1.82, 2.24) is 10.2 Å². The van der Waals surface area contributed by atoms with Gasteiger partial charge in [0.15, 0.2) is 0 Å². The summed E-state index contributed by atoms with van der Waals surface area (Å²) in [6.45, 7) is 2.02. The largest absolute Gasteiger partial charge is 0.468 e. The lowest BCUT2D eigenvalue weighted by Gasteiger charge is -2.19. The monoisotopic (exact) mass is 256 g/mol. The van der Waals surface area contributed by atoms with E-state index in [4.69, 9.17) is 4.74 Å². The van der Waals surface area contributed by atoms with E-state index < -0.39 is 18.1 Å². The second-order valence-electron chi connectivity index (χ2n) is 4.43. The number of nitrogens with zero attached hydrogens (tertiary/aromatic N) is 1. The van der Waals surface area contributed by atoms with Gasteiger partial charge in [-0.3, -0.25) is 24.6 Å². The fraction of sp³-hybridized carbons (Fsp3) is 0.750. The second kappa shape index (κ2) is 6.49. The van der Waals surface area contributed by atoms with Gasteiger partial charge >= 0.3 is 5.97 Å². The number of hydrogen-bond acceptors (Lipinski definition) is 5. The van der Waals surface area contributed by atoms with Crippen LogP contribution in [0.15, 0.2) is 0 Å². The second-order valence-corrected chi connectivity index (χ2v) is 4.43. The first-order valence-corrected chi connectivity index (χ1v) is 6.15. The van der Waals surface area contributed by atoms with Gasteiger partial charge in [0.05, 0.1) is 19.6 Å². The minimum absolute atomic E-state index is 0.106. The Morgan fingerprint density at radius 3 is 2.67 bits per heavy atom. The van der Waals surface area contributed by atoms with Crippen molar-refractivity contribution in [1.29, 1.82) is 0 Å². The van der Waals surface area contributed by atoms with E-state index in [9.17, 15) is 14.4 Å². The molecule has 6 nitrogen and oxygen atoms in total. The summed E-state index contributed by atoms with van der Waals surface area (Å²) in [4.78, 5) is 35.8. The number of hydrogen-bond donors (Lipinski definition) is 1. The molecule has 0 aromatic rings. The Balaban J connectivity index is 2.63. The lowest BCUT2D eigenvalue weighted by Crippen LogP contribution is -2.47. The molecule has 6 heteroatoms. The number of amides is 2. The molecule has 2 atom stereocenters. The molecule has 1 fully saturated rings. The van der Waals surface area contributed by atoms with Crippen molar-refractivity contribution >= 4 is 17.8 Å². The molecule has 102 valence electrons. The molecule has 0 saturated carbocycles. The molecule has 1 aliphatic rings. The van der Waals surface area contributed by atoms with Crippen LogP contribution in [0.4, 0.5) is 0 Å². The molecule has 0 aromatic heterocycles. The maximum atomic E-state index is 11.7. The van der Waals surface area contributed by atoms with E-state index in [1.165, 1.54) is 14.2 Å². The Morgan fingerprint density at radius 2 is 2.22 bits per heavy atom. The van der Waals surface area contributed by atoms with E-state index in [0.29, 0.717) is 6.42 Å². The number of carbonyl (C=O) groups excluding carboxylic acids is 3. The number of unbranched alkanes of at least 4 members (excludes halogenated alkanes) is 1. The van der Waals surface area contributed by atoms with E-state index in [1.54, 1.807) is 0 Å². The molecule has 18 heavy (non-hydrogen) atoms. The van der Waals surface area contributed by atoms with Crippen molar-refractivity contribution in [3.63, 3.8) is 0 Å². The molecule has 0 spiro atoms. The van der Waals surface area contributed by atoms with Gasteiger partial charge in [-0.15, -0.1) is 0 Å². The molecular weight excluding hydrogens is 236 g/mol. The Morgan fingerprint density at radius 1 is 1.56 bits per heavy atom. The first kappa shape index (κ1) is 14.6. The summed E-state index contributed by atoms with van der Waals surface area (Å²) >= 11 is 0. The number of rotatable bonds is 6. The normalized spacial score (nSPS) is 21.3. The smallest absolute Gasteiger partial charge is 0.322 e. The van der Waals surface area contributed by atoms with Gasteiger partial charge in [-0.1, -0.05) is 19.8 Å². The van der Waals surface area contributed by atoms with E-state index in [-0.39, 0.29) is 18.2 Å². The van der Waals surface area contributed by atoms with Crippen LogP contribution in [0.3, 0.4) is 0 Å². The Labute approximate surface area is 107 Å². The van der Waals surface area contributed by atoms with Crippen molar-refractivity contribution in [3.05, 3.63) is 0 Å². The lowest BCUT2D eigenvalue weighted by atomic mass is 10.1. The minimum Gasteiger partial charge on any atom is -0.468 e. The van der Waals surface area contributed by atoms with Gasteiger partial charge in [-0.05, 0) is 6.42 Å². The molecule has 1 aliphatic heterocycles. The zero-order chi connectivity index (χ0) is 13.7. The Hall–Kier alpha value is -1.43. The van der Waals surface area contributed by atoms with Gasteiger partial charge < -0.3 is 4.74 Å². The summed E-state index contributed by atoms with van der Waals surface area (Å²) in [7, 11) is 2.77. The quantitative estimate of drug-likeness (QED) is 0.537. The summed E-state index contributed by atoms with van der Waals surface area (Å²) < 4.78 is 4.70. The fourth-order valence-electron chi connectivity index (χ4n) is 1.95. The van der Waals surface area contributed by atoms with Crippen LogP contribution in [0.2, 0.25) is 0 Å². The number of likely N-dealkylation sites (tertiary alicyclic amines) is 1. The van der Waals surface area contributed by atoms with Gasteiger partial charge in [-0.25, -0.2) is 0 Å². The van der Waals surface area contributed by atoms with E-state index in [2.05, 4.69) is 5.32 Å². The minimum atomic E-state index is -0.608. The molecule has 2 unspecified atom stereocenters. The fourth-order valence-corrected chi connectivity index (χ4v) is 1.95. The highest BCUT2D eigenvalue weighted by Gasteiger charge is 2.38. The summed E-state index contributed by atoms with van der Waals surface area (Å²) in [5.41, 5.74) is 0. The third-order valence-electron chi connectivity index (χ3n) is 3.12. The molecule has 1 heterocycles. The molecule has 0 bridgehead atoms. The average Bonchev–Trinajstić information content (AvgIpc) is 2.61. The molecular formula is C12H20N2O4. The van der Waals surface area contributed by atoms with Gasteiger partial charge in [0.25, 0.3) is 0 Å². The van der Waals surface area contributed by atoms with E-state index in [1.807, 2.05) is 6.92 Å². The van der Waals surface area contributed by atoms with E-state index in [0.717, 1.165) is 17.7 Å². The predicted octanol–water partition coefficient (Wildman–Crippen LogP) is 0.0651. The number of esters is 1. The van der Waals surface area contributed by atoms with Crippen LogP contribution in [0, 0.1) is 0 Å². The summed E-state index contributed by atoms with van der Waals surface area (Å²) in [5, 5.41) is 2.93. The number of methoxy groups -OCH3 is 1.